The molecule has 1 N–H and O–H groups in total. The molecule has 4 rings (SSSR count). The van der Waals surface area contributed by atoms with Crippen molar-refractivity contribution in [2.24, 2.45) is 39.9 Å². The van der Waals surface area contributed by atoms with Gasteiger partial charge < -0.3 is 5.32 Å². The molecule has 8 unspecified atom stereocenters. The van der Waals surface area contributed by atoms with Gasteiger partial charge in [0.05, 0.1) is 0 Å². The zero-order valence-electron chi connectivity index (χ0n) is 21.7. The Labute approximate surface area is 198 Å². The maximum absolute atomic E-state index is 4.71. The molecule has 0 aliphatic heterocycles. The van der Waals surface area contributed by atoms with Gasteiger partial charge in [0.2, 0.25) is 0 Å². The molecule has 0 bridgehead atoms. The minimum Gasteiger partial charge on any atom is -0.317 e. The summed E-state index contributed by atoms with van der Waals surface area (Å²) in [7, 11) is 2.20. The summed E-state index contributed by atoms with van der Waals surface area (Å²) in [4.78, 5) is 0. The Balaban J connectivity index is 1.71. The summed E-state index contributed by atoms with van der Waals surface area (Å²) >= 11 is 0. The van der Waals surface area contributed by atoms with Crippen LogP contribution in [0.15, 0.2) is 60.3 Å². The molecule has 0 radical (unpaired) electrons. The zero-order chi connectivity index (χ0) is 23.5. The fourth-order valence-corrected chi connectivity index (χ4v) is 9.13. The molecule has 0 saturated heterocycles. The topological polar surface area (TPSA) is 12.0 Å². The van der Waals surface area contributed by atoms with Crippen LogP contribution in [0.25, 0.3) is 0 Å². The van der Waals surface area contributed by atoms with Crippen LogP contribution in [-0.4, -0.2) is 13.1 Å². The smallest absolute Gasteiger partial charge is 0.0115 e. The number of hydrogen-bond donors (Lipinski definition) is 1. The molecule has 176 valence electrons. The lowest BCUT2D eigenvalue weighted by Gasteiger charge is -2.64. The average molecular weight is 434 g/mol. The number of nitrogens with one attached hydrogen (secondary N) is 1. The lowest BCUT2D eigenvalue weighted by Crippen LogP contribution is -2.62. The number of hydrogen-bond acceptors (Lipinski definition) is 1. The van der Waals surface area contributed by atoms with Gasteiger partial charge in [-0.1, -0.05) is 89.3 Å². The summed E-state index contributed by atoms with van der Waals surface area (Å²) in [5.74, 6) is 2.70. The fraction of sp³-hybridized carbons (Fsp3) is 0.677. The maximum Gasteiger partial charge on any atom is 0.0115 e. The van der Waals surface area contributed by atoms with Crippen LogP contribution < -0.4 is 5.32 Å². The van der Waals surface area contributed by atoms with Crippen LogP contribution in [-0.2, 0) is 0 Å². The highest BCUT2D eigenvalue weighted by Gasteiger charge is 2.68. The molecule has 1 nitrogen and oxygen atoms in total. The predicted octanol–water partition coefficient (Wildman–Crippen LogP) is 8.03. The molecule has 3 fully saturated rings. The van der Waals surface area contributed by atoms with Gasteiger partial charge in [-0.25, -0.2) is 0 Å². The monoisotopic (exact) mass is 433 g/mol. The van der Waals surface area contributed by atoms with Crippen LogP contribution in [0, 0.1) is 39.9 Å². The predicted molar refractivity (Wildman–Crippen MR) is 139 cm³/mol. The van der Waals surface area contributed by atoms with E-state index in [1.807, 2.05) is 0 Å². The lowest BCUT2D eigenvalue weighted by atomic mass is 9.41. The second kappa shape index (κ2) is 8.15. The van der Waals surface area contributed by atoms with E-state index in [1.54, 1.807) is 5.57 Å². The summed E-state index contributed by atoms with van der Waals surface area (Å²) in [5.41, 5.74) is 6.45. The molecular weight excluding hydrogens is 386 g/mol. The highest BCUT2D eigenvalue weighted by atomic mass is 14.9. The second-order valence-electron chi connectivity index (χ2n) is 12.4. The van der Waals surface area contributed by atoms with Gasteiger partial charge in [-0.3, -0.25) is 0 Å². The lowest BCUT2D eigenvalue weighted by molar-refractivity contribution is -0.112. The van der Waals surface area contributed by atoms with E-state index >= 15 is 0 Å². The van der Waals surface area contributed by atoms with E-state index in [1.165, 1.54) is 42.4 Å². The molecule has 3 saturated carbocycles. The van der Waals surface area contributed by atoms with E-state index in [2.05, 4.69) is 78.4 Å². The minimum absolute atomic E-state index is 0.152. The second-order valence-corrected chi connectivity index (χ2v) is 12.4. The molecule has 4 aliphatic rings. The fourth-order valence-electron chi connectivity index (χ4n) is 9.13. The van der Waals surface area contributed by atoms with Gasteiger partial charge in [-0.2, -0.15) is 0 Å². The standard InChI is InChI=1S/C31H47N/c1-10-20(2)11-12-22(4)27-23(5)18-30(7)25-14-13-24-17-21(3)15-16-29(24,6)28(25)26(32-9)19-31(27,30)8/h15-17,23,25-28,32H,2-4,10-14,18-19H2,1,5-9H3. The van der Waals surface area contributed by atoms with E-state index in [9.17, 15) is 0 Å². The Kier molecular flexibility index (Phi) is 6.07. The quantitative estimate of drug-likeness (QED) is 0.418. The third kappa shape index (κ3) is 3.29. The minimum atomic E-state index is 0.152. The van der Waals surface area contributed by atoms with E-state index in [4.69, 9.17) is 6.58 Å². The number of fused-ring (bicyclic) bond motifs is 5. The van der Waals surface area contributed by atoms with E-state index in [-0.39, 0.29) is 5.41 Å². The van der Waals surface area contributed by atoms with Crippen LogP contribution in [0.2, 0.25) is 0 Å². The molecule has 0 aromatic heterocycles. The molecule has 8 atom stereocenters. The van der Waals surface area contributed by atoms with Crippen molar-refractivity contribution in [3.63, 3.8) is 0 Å². The summed E-state index contributed by atoms with van der Waals surface area (Å²) in [6, 6.07) is 0.536. The summed E-state index contributed by atoms with van der Waals surface area (Å²) in [6.45, 7) is 25.8. The van der Waals surface area contributed by atoms with Crippen molar-refractivity contribution in [2.45, 2.75) is 85.6 Å². The van der Waals surface area contributed by atoms with Gasteiger partial charge in [-0.15, -0.1) is 0 Å². The molecule has 4 aliphatic carbocycles. The van der Waals surface area contributed by atoms with E-state index < -0.39 is 0 Å². The maximum atomic E-state index is 4.71. The summed E-state index contributed by atoms with van der Waals surface area (Å²) < 4.78 is 0. The molecular formula is C31H47N. The zero-order valence-corrected chi connectivity index (χ0v) is 21.7. The SMILES string of the molecule is C=C1C=CC2(C)C(=C1)CCC1C2C(NC)CC2(C)C(C(=C)CCC(=C)CC)C(C)CC12C. The van der Waals surface area contributed by atoms with Crippen molar-refractivity contribution >= 4 is 0 Å². The van der Waals surface area contributed by atoms with Gasteiger partial charge in [0, 0.05) is 11.5 Å². The summed E-state index contributed by atoms with van der Waals surface area (Å²) in [6.07, 6.45) is 15.6. The molecule has 0 amide bonds. The van der Waals surface area contributed by atoms with Crippen molar-refractivity contribution < 1.29 is 0 Å². The van der Waals surface area contributed by atoms with E-state index in [0.29, 0.717) is 34.6 Å². The Hall–Kier alpha value is -1.34. The van der Waals surface area contributed by atoms with Gasteiger partial charge in [-0.05, 0) is 92.1 Å². The van der Waals surface area contributed by atoms with Crippen LogP contribution in [0.5, 0.6) is 0 Å². The van der Waals surface area contributed by atoms with Crippen molar-refractivity contribution in [2.75, 3.05) is 7.05 Å². The Bertz CT molecular complexity index is 873. The Morgan fingerprint density at radius 2 is 1.84 bits per heavy atom. The highest BCUT2D eigenvalue weighted by Crippen LogP contribution is 2.73. The third-order valence-corrected chi connectivity index (χ3v) is 10.9. The molecule has 0 aromatic carbocycles. The number of allylic oxidation sites excluding steroid dienone is 7. The van der Waals surface area contributed by atoms with Crippen molar-refractivity contribution in [1.82, 2.24) is 5.32 Å². The first-order chi connectivity index (χ1) is 15.0. The summed E-state index contributed by atoms with van der Waals surface area (Å²) in [5, 5.41) is 3.83. The van der Waals surface area contributed by atoms with Crippen molar-refractivity contribution in [3.05, 3.63) is 60.3 Å². The number of rotatable bonds is 6. The van der Waals surface area contributed by atoms with Crippen molar-refractivity contribution in [3.8, 4) is 0 Å². The first-order valence-electron chi connectivity index (χ1n) is 13.1. The van der Waals surface area contributed by atoms with Crippen LogP contribution in [0.3, 0.4) is 0 Å². The van der Waals surface area contributed by atoms with Gasteiger partial charge >= 0.3 is 0 Å². The van der Waals surface area contributed by atoms with E-state index in [0.717, 1.165) is 25.2 Å². The first-order valence-corrected chi connectivity index (χ1v) is 13.1. The van der Waals surface area contributed by atoms with Crippen LogP contribution >= 0.6 is 0 Å². The molecule has 0 spiro atoms. The molecule has 32 heavy (non-hydrogen) atoms. The van der Waals surface area contributed by atoms with Gasteiger partial charge in [0.15, 0.2) is 0 Å². The Morgan fingerprint density at radius 1 is 1.12 bits per heavy atom. The first kappa shape index (κ1) is 23.8. The highest BCUT2D eigenvalue weighted by molar-refractivity contribution is 5.44. The Morgan fingerprint density at radius 3 is 2.50 bits per heavy atom. The average Bonchev–Trinajstić information content (AvgIpc) is 2.96. The van der Waals surface area contributed by atoms with Gasteiger partial charge in [0.25, 0.3) is 0 Å². The third-order valence-electron chi connectivity index (χ3n) is 10.9. The van der Waals surface area contributed by atoms with Crippen LogP contribution in [0.4, 0.5) is 0 Å². The largest absolute Gasteiger partial charge is 0.317 e. The molecule has 0 heterocycles. The van der Waals surface area contributed by atoms with Crippen molar-refractivity contribution in [1.29, 1.82) is 0 Å². The normalized spacial score (nSPS) is 45.0. The van der Waals surface area contributed by atoms with Gasteiger partial charge in [0.1, 0.15) is 0 Å². The molecule has 0 aromatic rings. The van der Waals surface area contributed by atoms with Crippen LogP contribution in [0.1, 0.15) is 79.6 Å². The molecule has 1 heteroatoms.